The molecule has 0 atom stereocenters. The first-order chi connectivity index (χ1) is 7.88. The molecule has 0 unspecified atom stereocenters. The lowest BCUT2D eigenvalue weighted by atomic mass is 10.1. The van der Waals surface area contributed by atoms with Gasteiger partial charge in [-0.1, -0.05) is 12.8 Å². The van der Waals surface area contributed by atoms with Crippen LogP contribution in [-0.2, 0) is 6.54 Å². The van der Waals surface area contributed by atoms with E-state index in [1.165, 1.54) is 25.7 Å². The highest BCUT2D eigenvalue weighted by atomic mass is 16.5. The Labute approximate surface area is 96.4 Å². The zero-order valence-electron chi connectivity index (χ0n) is 9.78. The minimum Gasteiger partial charge on any atom is -0.476 e. The lowest BCUT2D eigenvalue weighted by Crippen LogP contribution is -2.11. The fourth-order valence-electron chi connectivity index (χ4n) is 2.10. The summed E-state index contributed by atoms with van der Waals surface area (Å²) in [6.45, 7) is 1.52. The molecule has 1 N–H and O–H groups in total. The van der Waals surface area contributed by atoms with Gasteiger partial charge in [-0.15, -0.1) is 0 Å². The highest BCUT2D eigenvalue weighted by Crippen LogP contribution is 2.25. The van der Waals surface area contributed by atoms with Crippen molar-refractivity contribution in [2.45, 2.75) is 32.2 Å². The van der Waals surface area contributed by atoms with Gasteiger partial charge in [0.15, 0.2) is 0 Å². The molecule has 0 radical (unpaired) electrons. The molecule has 1 fully saturated rings. The van der Waals surface area contributed by atoms with E-state index in [1.54, 1.807) is 12.4 Å². The van der Waals surface area contributed by atoms with Crippen LogP contribution < -0.4 is 10.1 Å². The summed E-state index contributed by atoms with van der Waals surface area (Å²) in [5.74, 6) is 1.37. The molecule has 0 spiro atoms. The summed E-state index contributed by atoms with van der Waals surface area (Å²) in [7, 11) is 1.90. The second-order valence-electron chi connectivity index (χ2n) is 4.34. The van der Waals surface area contributed by atoms with Gasteiger partial charge in [-0.25, -0.2) is 4.98 Å². The van der Waals surface area contributed by atoms with Crippen molar-refractivity contribution >= 4 is 0 Å². The van der Waals surface area contributed by atoms with Gasteiger partial charge in [-0.2, -0.15) is 0 Å². The number of hydrogen-bond acceptors (Lipinski definition) is 4. The van der Waals surface area contributed by atoms with E-state index in [4.69, 9.17) is 4.74 Å². The van der Waals surface area contributed by atoms with E-state index in [2.05, 4.69) is 15.3 Å². The first-order valence-electron chi connectivity index (χ1n) is 5.97. The number of hydrogen-bond donors (Lipinski definition) is 1. The molecule has 0 saturated heterocycles. The molecule has 1 aromatic heterocycles. The average molecular weight is 221 g/mol. The largest absolute Gasteiger partial charge is 0.476 e. The Morgan fingerprint density at radius 3 is 2.94 bits per heavy atom. The van der Waals surface area contributed by atoms with E-state index < -0.39 is 0 Å². The molecule has 1 aliphatic carbocycles. The molecule has 16 heavy (non-hydrogen) atoms. The average Bonchev–Trinajstić information content (AvgIpc) is 2.80. The van der Waals surface area contributed by atoms with E-state index in [9.17, 15) is 0 Å². The van der Waals surface area contributed by atoms with Gasteiger partial charge in [-0.05, 0) is 25.8 Å². The molecule has 0 aliphatic heterocycles. The predicted octanol–water partition coefficient (Wildman–Crippen LogP) is 1.76. The molecule has 1 saturated carbocycles. The maximum atomic E-state index is 5.68. The number of ether oxygens (including phenoxy) is 1. The molecule has 1 aromatic rings. The molecular formula is C12H19N3O. The zero-order valence-corrected chi connectivity index (χ0v) is 9.78. The quantitative estimate of drug-likeness (QED) is 0.823. The predicted molar refractivity (Wildman–Crippen MR) is 62.2 cm³/mol. The zero-order chi connectivity index (χ0) is 11.2. The Kier molecular flexibility index (Phi) is 4.10. The molecule has 4 nitrogen and oxygen atoms in total. The summed E-state index contributed by atoms with van der Waals surface area (Å²) >= 11 is 0. The molecule has 1 heterocycles. The second-order valence-corrected chi connectivity index (χ2v) is 4.34. The normalized spacial score (nSPS) is 16.6. The van der Waals surface area contributed by atoms with Crippen LogP contribution in [0, 0.1) is 5.92 Å². The molecule has 0 bridgehead atoms. The Bertz CT molecular complexity index is 324. The SMILES string of the molecule is CNCc1cncc(OCC2CCCC2)n1. The number of nitrogens with one attached hydrogen (secondary N) is 1. The van der Waals surface area contributed by atoms with Crippen molar-refractivity contribution in [2.24, 2.45) is 5.92 Å². The lowest BCUT2D eigenvalue weighted by Gasteiger charge is -2.10. The molecule has 0 amide bonds. The maximum absolute atomic E-state index is 5.68. The summed E-state index contributed by atoms with van der Waals surface area (Å²) in [4.78, 5) is 8.50. The molecular weight excluding hydrogens is 202 g/mol. The van der Waals surface area contributed by atoms with Crippen LogP contribution in [0.3, 0.4) is 0 Å². The van der Waals surface area contributed by atoms with Gasteiger partial charge in [0.1, 0.15) is 0 Å². The topological polar surface area (TPSA) is 47.0 Å². The van der Waals surface area contributed by atoms with Gasteiger partial charge in [0.2, 0.25) is 5.88 Å². The van der Waals surface area contributed by atoms with Crippen LogP contribution in [0.4, 0.5) is 0 Å². The van der Waals surface area contributed by atoms with Gasteiger partial charge in [0.05, 0.1) is 18.5 Å². The van der Waals surface area contributed by atoms with Gasteiger partial charge >= 0.3 is 0 Å². The van der Waals surface area contributed by atoms with Gasteiger partial charge in [0.25, 0.3) is 0 Å². The van der Waals surface area contributed by atoms with Crippen LogP contribution in [0.15, 0.2) is 12.4 Å². The van der Waals surface area contributed by atoms with Gasteiger partial charge in [-0.3, -0.25) is 4.98 Å². The lowest BCUT2D eigenvalue weighted by molar-refractivity contribution is 0.242. The fourth-order valence-corrected chi connectivity index (χ4v) is 2.10. The molecule has 0 aromatic carbocycles. The summed E-state index contributed by atoms with van der Waals surface area (Å²) < 4.78 is 5.68. The van der Waals surface area contributed by atoms with Gasteiger partial charge in [0, 0.05) is 12.7 Å². The first-order valence-corrected chi connectivity index (χ1v) is 5.97. The summed E-state index contributed by atoms with van der Waals surface area (Å²) in [6, 6.07) is 0. The molecule has 4 heteroatoms. The van der Waals surface area contributed by atoms with Crippen molar-refractivity contribution in [3.05, 3.63) is 18.1 Å². The van der Waals surface area contributed by atoms with Crippen LogP contribution in [-0.4, -0.2) is 23.6 Å². The molecule has 88 valence electrons. The monoisotopic (exact) mass is 221 g/mol. The third kappa shape index (κ3) is 3.17. The van der Waals surface area contributed by atoms with Crippen molar-refractivity contribution in [2.75, 3.05) is 13.7 Å². The first kappa shape index (κ1) is 11.3. The van der Waals surface area contributed by atoms with Crippen LogP contribution in [0.2, 0.25) is 0 Å². The minimum absolute atomic E-state index is 0.652. The minimum atomic E-state index is 0.652. The van der Waals surface area contributed by atoms with Crippen LogP contribution in [0.5, 0.6) is 5.88 Å². The second kappa shape index (κ2) is 5.80. The molecule has 1 aliphatic rings. The van der Waals surface area contributed by atoms with Crippen molar-refractivity contribution in [3.63, 3.8) is 0 Å². The van der Waals surface area contributed by atoms with Crippen LogP contribution >= 0.6 is 0 Å². The van der Waals surface area contributed by atoms with E-state index in [-0.39, 0.29) is 0 Å². The van der Waals surface area contributed by atoms with Crippen molar-refractivity contribution in [1.82, 2.24) is 15.3 Å². The van der Waals surface area contributed by atoms with Crippen molar-refractivity contribution in [1.29, 1.82) is 0 Å². The number of rotatable bonds is 5. The Morgan fingerprint density at radius 1 is 1.38 bits per heavy atom. The summed E-state index contributed by atoms with van der Waals surface area (Å²) in [5, 5.41) is 3.05. The van der Waals surface area contributed by atoms with Crippen molar-refractivity contribution in [3.8, 4) is 5.88 Å². The Morgan fingerprint density at radius 2 is 2.19 bits per heavy atom. The van der Waals surface area contributed by atoms with E-state index in [0.717, 1.165) is 24.8 Å². The third-order valence-corrected chi connectivity index (χ3v) is 2.96. The highest BCUT2D eigenvalue weighted by Gasteiger charge is 2.15. The van der Waals surface area contributed by atoms with Gasteiger partial charge < -0.3 is 10.1 Å². The number of aromatic nitrogens is 2. The highest BCUT2D eigenvalue weighted by molar-refractivity contribution is 5.08. The van der Waals surface area contributed by atoms with Crippen LogP contribution in [0.1, 0.15) is 31.4 Å². The fraction of sp³-hybridized carbons (Fsp3) is 0.667. The Hall–Kier alpha value is -1.16. The van der Waals surface area contributed by atoms with Crippen molar-refractivity contribution < 1.29 is 4.74 Å². The van der Waals surface area contributed by atoms with E-state index >= 15 is 0 Å². The summed E-state index contributed by atoms with van der Waals surface area (Å²) in [5.41, 5.74) is 0.923. The summed E-state index contributed by atoms with van der Waals surface area (Å²) in [6.07, 6.45) is 8.74. The van der Waals surface area contributed by atoms with E-state index in [1.807, 2.05) is 7.05 Å². The smallest absolute Gasteiger partial charge is 0.232 e. The standard InChI is InChI=1S/C12H19N3O/c1-13-6-11-7-14-8-12(15-11)16-9-10-4-2-3-5-10/h7-8,10,13H,2-6,9H2,1H3. The third-order valence-electron chi connectivity index (χ3n) is 2.96. The Balaban J connectivity index is 1.85. The number of nitrogens with zero attached hydrogens (tertiary/aromatic N) is 2. The van der Waals surface area contributed by atoms with Crippen LogP contribution in [0.25, 0.3) is 0 Å². The maximum Gasteiger partial charge on any atom is 0.232 e. The van der Waals surface area contributed by atoms with E-state index in [0.29, 0.717) is 5.88 Å². The molecule has 2 rings (SSSR count).